The Kier molecular flexibility index (Phi) is 11.5. The fourth-order valence-electron chi connectivity index (χ4n) is 0.771. The number of hydrogen-bond donors (Lipinski definition) is 0. The van der Waals surface area contributed by atoms with Crippen LogP contribution in [-0.2, 0) is 0 Å². The minimum Gasteiger partial charge on any atom is -0.412 e. The van der Waals surface area contributed by atoms with Crippen LogP contribution >= 0.6 is 7.92 Å². The van der Waals surface area contributed by atoms with Crippen molar-refractivity contribution < 1.29 is 5.48 Å². The second kappa shape index (κ2) is 9.61. The van der Waals surface area contributed by atoms with Crippen LogP contribution in [0.2, 0.25) is 0 Å². The largest absolute Gasteiger partial charge is 0.412 e. The zero-order valence-electron chi connectivity index (χ0n) is 6.92. The molecule has 1 nitrogen and oxygen atoms in total. The lowest BCUT2D eigenvalue weighted by Crippen LogP contribution is -1.87. The summed E-state index contributed by atoms with van der Waals surface area (Å²) in [6, 6.07) is 0. The third kappa shape index (κ3) is 7.51. The summed E-state index contributed by atoms with van der Waals surface area (Å²) in [5.74, 6) is 0. The molecule has 0 unspecified atom stereocenters. The second-order valence-corrected chi connectivity index (χ2v) is 4.52. The minimum absolute atomic E-state index is 0. The van der Waals surface area contributed by atoms with Crippen molar-refractivity contribution in [1.29, 1.82) is 0 Å². The molecule has 0 radical (unpaired) electrons. The zero-order valence-corrected chi connectivity index (χ0v) is 7.82. The summed E-state index contributed by atoms with van der Waals surface area (Å²) < 4.78 is 0. The van der Waals surface area contributed by atoms with Gasteiger partial charge in [-0.3, -0.25) is 0 Å². The second-order valence-electron chi connectivity index (χ2n) is 2.08. The lowest BCUT2D eigenvalue weighted by molar-refractivity contribution is 0.824. The maximum Gasteiger partial charge on any atom is -0.0142 e. The summed E-state index contributed by atoms with van der Waals surface area (Å²) >= 11 is 0. The van der Waals surface area contributed by atoms with E-state index in [2.05, 4.69) is 19.7 Å². The Morgan fingerprint density at radius 2 is 1.09 bits per heavy atom. The molecule has 2 heteroatoms. The van der Waals surface area contributed by atoms with Gasteiger partial charge in [-0.25, -0.2) is 0 Å². The first-order chi connectivity index (χ1) is 4.85. The molecule has 0 bridgehead atoms. The van der Waals surface area contributed by atoms with Crippen molar-refractivity contribution in [2.24, 2.45) is 0 Å². The summed E-state index contributed by atoms with van der Waals surface area (Å²) in [6.07, 6.45) is 9.35. The van der Waals surface area contributed by atoms with Crippen LogP contribution in [0.15, 0.2) is 38.0 Å². The highest BCUT2D eigenvalue weighted by Gasteiger charge is 1.98. The SMILES string of the molecule is C=CCP(CC=C)CC=C.O. The molecule has 0 aromatic carbocycles. The molecule has 0 aliphatic heterocycles. The molecule has 0 aliphatic carbocycles. The zero-order chi connectivity index (χ0) is 7.82. The van der Waals surface area contributed by atoms with Crippen LogP contribution in [0.4, 0.5) is 0 Å². The van der Waals surface area contributed by atoms with Crippen molar-refractivity contribution in [3.63, 3.8) is 0 Å². The average molecular weight is 172 g/mol. The predicted octanol–water partition coefficient (Wildman–Crippen LogP) is 2.20. The summed E-state index contributed by atoms with van der Waals surface area (Å²) in [7, 11) is 0.0849. The first-order valence-corrected chi connectivity index (χ1v) is 5.30. The Labute approximate surface area is 70.6 Å². The first kappa shape index (κ1) is 13.2. The van der Waals surface area contributed by atoms with E-state index in [9.17, 15) is 0 Å². The molecular formula is C9H17OP. The van der Waals surface area contributed by atoms with E-state index in [-0.39, 0.29) is 13.4 Å². The maximum absolute atomic E-state index is 3.71. The minimum atomic E-state index is 0. The van der Waals surface area contributed by atoms with Gasteiger partial charge in [0.15, 0.2) is 0 Å². The van der Waals surface area contributed by atoms with E-state index in [0.29, 0.717) is 0 Å². The normalized spacial score (nSPS) is 8.45. The molecule has 0 rings (SSSR count). The maximum atomic E-state index is 3.71. The van der Waals surface area contributed by atoms with Gasteiger partial charge in [0.1, 0.15) is 0 Å². The lowest BCUT2D eigenvalue weighted by atomic mass is 10.7. The summed E-state index contributed by atoms with van der Waals surface area (Å²) in [6.45, 7) is 11.1. The van der Waals surface area contributed by atoms with Crippen molar-refractivity contribution in [1.82, 2.24) is 0 Å². The molecule has 0 aromatic heterocycles. The van der Waals surface area contributed by atoms with Gasteiger partial charge in [0.05, 0.1) is 0 Å². The topological polar surface area (TPSA) is 31.5 Å². The Morgan fingerprint density at radius 3 is 1.27 bits per heavy atom. The number of allylic oxidation sites excluding steroid dienone is 3. The van der Waals surface area contributed by atoms with Crippen LogP contribution < -0.4 is 0 Å². The van der Waals surface area contributed by atoms with Gasteiger partial charge >= 0.3 is 0 Å². The summed E-state index contributed by atoms with van der Waals surface area (Å²) in [4.78, 5) is 0. The Hall–Kier alpha value is -0.390. The van der Waals surface area contributed by atoms with Crippen molar-refractivity contribution in [3.05, 3.63) is 38.0 Å². The third-order valence-corrected chi connectivity index (χ3v) is 3.49. The van der Waals surface area contributed by atoms with Gasteiger partial charge in [-0.2, -0.15) is 0 Å². The molecule has 0 atom stereocenters. The highest BCUT2D eigenvalue weighted by atomic mass is 31.1. The average Bonchev–Trinajstić information content (AvgIpc) is 1.90. The molecule has 2 N–H and O–H groups in total. The van der Waals surface area contributed by atoms with Crippen LogP contribution in [0.25, 0.3) is 0 Å². The van der Waals surface area contributed by atoms with Crippen LogP contribution in [0, 0.1) is 0 Å². The van der Waals surface area contributed by atoms with Crippen LogP contribution in [0.3, 0.4) is 0 Å². The molecule has 0 saturated heterocycles. The molecule has 0 aromatic rings. The van der Waals surface area contributed by atoms with E-state index < -0.39 is 0 Å². The molecule has 64 valence electrons. The molecule has 0 fully saturated rings. The highest BCUT2D eigenvalue weighted by molar-refractivity contribution is 7.58. The first-order valence-electron chi connectivity index (χ1n) is 3.40. The van der Waals surface area contributed by atoms with Crippen LogP contribution in [0.1, 0.15) is 0 Å². The fraction of sp³-hybridized carbons (Fsp3) is 0.333. The van der Waals surface area contributed by atoms with E-state index >= 15 is 0 Å². The Balaban J connectivity index is 0. The van der Waals surface area contributed by atoms with Gasteiger partial charge in [-0.05, 0) is 18.5 Å². The van der Waals surface area contributed by atoms with Gasteiger partial charge in [0.2, 0.25) is 0 Å². The molecule has 0 amide bonds. The van der Waals surface area contributed by atoms with Crippen molar-refractivity contribution in [3.8, 4) is 0 Å². The smallest absolute Gasteiger partial charge is 0.0142 e. The van der Waals surface area contributed by atoms with Crippen molar-refractivity contribution >= 4 is 7.92 Å². The van der Waals surface area contributed by atoms with Gasteiger partial charge in [0, 0.05) is 0 Å². The van der Waals surface area contributed by atoms with E-state index in [1.165, 1.54) is 0 Å². The van der Waals surface area contributed by atoms with Gasteiger partial charge in [-0.15, -0.1) is 19.7 Å². The predicted molar refractivity (Wildman–Crippen MR) is 55.7 cm³/mol. The monoisotopic (exact) mass is 172 g/mol. The fourth-order valence-corrected chi connectivity index (χ4v) is 2.31. The van der Waals surface area contributed by atoms with E-state index in [4.69, 9.17) is 0 Å². The molecule has 11 heavy (non-hydrogen) atoms. The lowest BCUT2D eigenvalue weighted by Gasteiger charge is -2.09. The van der Waals surface area contributed by atoms with E-state index in [1.54, 1.807) is 0 Å². The standard InChI is InChI=1S/C9H15P.H2O/c1-4-7-10(8-5-2)9-6-3;/h4-6H,1-3,7-9H2;1H2. The molecule has 0 aliphatic rings. The Morgan fingerprint density at radius 1 is 0.818 bits per heavy atom. The number of rotatable bonds is 6. The highest BCUT2D eigenvalue weighted by Crippen LogP contribution is 2.34. The Bertz CT molecular complexity index is 97.0. The van der Waals surface area contributed by atoms with Crippen molar-refractivity contribution in [2.75, 3.05) is 18.5 Å². The van der Waals surface area contributed by atoms with E-state index in [0.717, 1.165) is 18.5 Å². The van der Waals surface area contributed by atoms with Gasteiger partial charge in [0.25, 0.3) is 0 Å². The third-order valence-electron chi connectivity index (χ3n) is 1.16. The molecule has 0 spiro atoms. The molecular weight excluding hydrogens is 155 g/mol. The molecule has 0 heterocycles. The number of hydrogen-bond acceptors (Lipinski definition) is 0. The van der Waals surface area contributed by atoms with Crippen molar-refractivity contribution in [2.45, 2.75) is 0 Å². The van der Waals surface area contributed by atoms with E-state index in [1.807, 2.05) is 18.2 Å². The molecule has 0 saturated carbocycles. The van der Waals surface area contributed by atoms with Gasteiger partial charge < -0.3 is 5.48 Å². The van der Waals surface area contributed by atoms with Gasteiger partial charge in [-0.1, -0.05) is 26.1 Å². The van der Waals surface area contributed by atoms with Crippen LogP contribution in [-0.4, -0.2) is 24.0 Å². The summed E-state index contributed by atoms with van der Waals surface area (Å²) in [5, 5.41) is 0. The summed E-state index contributed by atoms with van der Waals surface area (Å²) in [5.41, 5.74) is 0. The quantitative estimate of drug-likeness (QED) is 0.434. The van der Waals surface area contributed by atoms with Crippen LogP contribution in [0.5, 0.6) is 0 Å².